The summed E-state index contributed by atoms with van der Waals surface area (Å²) in [6.07, 6.45) is 0. The molecule has 0 radical (unpaired) electrons. The van der Waals surface area contributed by atoms with Gasteiger partial charge in [-0.25, -0.2) is 9.37 Å². The maximum Gasteiger partial charge on any atom is 0.253 e. The number of para-hydroxylation sites is 2. The highest BCUT2D eigenvalue weighted by molar-refractivity contribution is 6.36. The fraction of sp³-hybridized carbons (Fsp3) is 0.160. The van der Waals surface area contributed by atoms with E-state index in [1.807, 2.05) is 24.3 Å². The van der Waals surface area contributed by atoms with Gasteiger partial charge in [-0.15, -0.1) is 0 Å². The third-order valence-electron chi connectivity index (χ3n) is 5.30. The number of aryl methyl sites for hydroxylation is 1. The van der Waals surface area contributed by atoms with Gasteiger partial charge in [0.1, 0.15) is 18.2 Å². The minimum Gasteiger partial charge on any atom is -0.342 e. The quantitative estimate of drug-likeness (QED) is 0.346. The monoisotopic (exact) mass is 498 g/mol. The van der Waals surface area contributed by atoms with E-state index in [1.165, 1.54) is 18.2 Å². The number of hydrogen-bond acceptors (Lipinski definition) is 3. The van der Waals surface area contributed by atoms with Crippen LogP contribution in [0.25, 0.3) is 11.0 Å². The standard InChI is InChI=1S/C25H21Cl2FN4O2/c1-14-7-10-20(19(28)11-14)30-23(33)13-32-22-6-4-3-5-21(22)31-24(32)15(2)29-25(34)17-9-8-16(26)12-18(17)27/h3-12,15H,13H2,1-2H3,(H,29,34)(H,30,33). The highest BCUT2D eigenvalue weighted by Crippen LogP contribution is 2.24. The fourth-order valence-electron chi connectivity index (χ4n) is 3.66. The Labute approximate surface area is 205 Å². The third kappa shape index (κ3) is 5.05. The second-order valence-electron chi connectivity index (χ2n) is 7.90. The van der Waals surface area contributed by atoms with E-state index >= 15 is 0 Å². The van der Waals surface area contributed by atoms with Gasteiger partial charge in [-0.05, 0) is 61.9 Å². The molecule has 4 rings (SSSR count). The average Bonchev–Trinajstić information content (AvgIpc) is 3.14. The predicted octanol–water partition coefficient (Wildman–Crippen LogP) is 5.92. The first-order chi connectivity index (χ1) is 16.2. The van der Waals surface area contributed by atoms with Crippen LogP contribution in [0.2, 0.25) is 10.0 Å². The Balaban J connectivity index is 1.60. The number of nitrogens with one attached hydrogen (secondary N) is 2. The Morgan fingerprint density at radius 1 is 1.09 bits per heavy atom. The van der Waals surface area contributed by atoms with Gasteiger partial charge >= 0.3 is 0 Å². The Hall–Kier alpha value is -3.42. The number of halogens is 3. The zero-order valence-corrected chi connectivity index (χ0v) is 19.9. The number of anilines is 1. The highest BCUT2D eigenvalue weighted by Gasteiger charge is 2.22. The molecule has 1 aromatic heterocycles. The SMILES string of the molecule is Cc1ccc(NC(=O)Cn2c(C(C)NC(=O)c3ccc(Cl)cc3Cl)nc3ccccc32)c(F)c1. The summed E-state index contributed by atoms with van der Waals surface area (Å²) in [5, 5.41) is 6.13. The summed E-state index contributed by atoms with van der Waals surface area (Å²) in [5.74, 6) is -0.867. The molecule has 0 aliphatic rings. The van der Waals surface area contributed by atoms with Crippen molar-refractivity contribution in [1.29, 1.82) is 0 Å². The molecule has 0 aliphatic carbocycles. The summed E-state index contributed by atoms with van der Waals surface area (Å²) < 4.78 is 15.9. The number of carbonyl (C=O) groups excluding carboxylic acids is 2. The van der Waals surface area contributed by atoms with Crippen LogP contribution in [0.4, 0.5) is 10.1 Å². The van der Waals surface area contributed by atoms with E-state index in [0.717, 1.165) is 5.56 Å². The lowest BCUT2D eigenvalue weighted by Crippen LogP contribution is -2.30. The molecular formula is C25H21Cl2FN4O2. The number of aromatic nitrogens is 2. The van der Waals surface area contributed by atoms with Crippen LogP contribution < -0.4 is 10.6 Å². The lowest BCUT2D eigenvalue weighted by atomic mass is 10.2. The van der Waals surface area contributed by atoms with Crippen molar-refractivity contribution in [2.75, 3.05) is 5.32 Å². The molecule has 1 heterocycles. The molecule has 34 heavy (non-hydrogen) atoms. The number of benzene rings is 3. The van der Waals surface area contributed by atoms with Crippen LogP contribution >= 0.6 is 23.2 Å². The first-order valence-electron chi connectivity index (χ1n) is 10.5. The predicted molar refractivity (Wildman–Crippen MR) is 132 cm³/mol. The molecule has 0 saturated carbocycles. The van der Waals surface area contributed by atoms with Crippen LogP contribution in [-0.4, -0.2) is 21.4 Å². The number of carbonyl (C=O) groups is 2. The molecule has 9 heteroatoms. The normalized spacial score (nSPS) is 11.9. The van der Waals surface area contributed by atoms with Crippen LogP contribution in [0, 0.1) is 12.7 Å². The van der Waals surface area contributed by atoms with E-state index in [1.54, 1.807) is 36.6 Å². The summed E-state index contributed by atoms with van der Waals surface area (Å²) in [6.45, 7) is 3.41. The average molecular weight is 499 g/mol. The van der Waals surface area contributed by atoms with Gasteiger partial charge in [0.25, 0.3) is 5.91 Å². The number of nitrogens with zero attached hydrogens (tertiary/aromatic N) is 2. The van der Waals surface area contributed by atoms with E-state index in [2.05, 4.69) is 15.6 Å². The molecule has 6 nitrogen and oxygen atoms in total. The second kappa shape index (κ2) is 9.83. The molecule has 0 aliphatic heterocycles. The number of rotatable bonds is 6. The molecule has 3 aromatic carbocycles. The Morgan fingerprint density at radius 3 is 2.59 bits per heavy atom. The van der Waals surface area contributed by atoms with E-state index in [-0.39, 0.29) is 22.8 Å². The molecule has 174 valence electrons. The molecule has 0 spiro atoms. The number of amides is 2. The van der Waals surface area contributed by atoms with Crippen molar-refractivity contribution in [2.24, 2.45) is 0 Å². The molecule has 1 unspecified atom stereocenters. The van der Waals surface area contributed by atoms with Gasteiger partial charge in [-0.3, -0.25) is 9.59 Å². The van der Waals surface area contributed by atoms with Gasteiger partial charge in [-0.1, -0.05) is 41.4 Å². The van der Waals surface area contributed by atoms with Crippen molar-refractivity contribution in [3.63, 3.8) is 0 Å². The lowest BCUT2D eigenvalue weighted by molar-refractivity contribution is -0.116. The lowest BCUT2D eigenvalue weighted by Gasteiger charge is -2.17. The van der Waals surface area contributed by atoms with Crippen molar-refractivity contribution in [1.82, 2.24) is 14.9 Å². The number of imidazole rings is 1. The summed E-state index contributed by atoms with van der Waals surface area (Å²) in [7, 11) is 0. The van der Waals surface area contributed by atoms with Gasteiger partial charge in [0.05, 0.1) is 33.3 Å². The van der Waals surface area contributed by atoms with E-state index in [9.17, 15) is 14.0 Å². The Bertz CT molecular complexity index is 1400. The Kier molecular flexibility index (Phi) is 6.86. The van der Waals surface area contributed by atoms with Crippen molar-refractivity contribution >= 4 is 51.7 Å². The summed E-state index contributed by atoms with van der Waals surface area (Å²) in [5.41, 5.74) is 2.50. The minimum atomic E-state index is -0.560. The highest BCUT2D eigenvalue weighted by atomic mass is 35.5. The summed E-state index contributed by atoms with van der Waals surface area (Å²) in [4.78, 5) is 30.3. The number of hydrogen-bond donors (Lipinski definition) is 2. The largest absolute Gasteiger partial charge is 0.342 e. The number of fused-ring (bicyclic) bond motifs is 1. The first-order valence-corrected chi connectivity index (χ1v) is 11.3. The van der Waals surface area contributed by atoms with Crippen molar-refractivity contribution in [2.45, 2.75) is 26.4 Å². The van der Waals surface area contributed by atoms with Crippen molar-refractivity contribution in [3.8, 4) is 0 Å². The topological polar surface area (TPSA) is 76.0 Å². The van der Waals surface area contributed by atoms with Crippen molar-refractivity contribution in [3.05, 3.63) is 93.5 Å². The summed E-state index contributed by atoms with van der Waals surface area (Å²) in [6, 6.07) is 16.0. The zero-order chi connectivity index (χ0) is 24.4. The van der Waals surface area contributed by atoms with Crippen LogP contribution in [0.3, 0.4) is 0 Å². The molecule has 0 bridgehead atoms. The van der Waals surface area contributed by atoms with Crippen molar-refractivity contribution < 1.29 is 14.0 Å². The molecule has 0 saturated heterocycles. The van der Waals surface area contributed by atoms with Gasteiger partial charge < -0.3 is 15.2 Å². The summed E-state index contributed by atoms with van der Waals surface area (Å²) >= 11 is 12.1. The zero-order valence-electron chi connectivity index (χ0n) is 18.4. The second-order valence-corrected chi connectivity index (χ2v) is 8.74. The molecule has 1 atom stereocenters. The van der Waals surface area contributed by atoms with E-state index in [4.69, 9.17) is 23.2 Å². The van der Waals surface area contributed by atoms with E-state index < -0.39 is 23.7 Å². The Morgan fingerprint density at radius 2 is 1.85 bits per heavy atom. The molecule has 4 aromatic rings. The first kappa shape index (κ1) is 23.7. The van der Waals surface area contributed by atoms with Crippen LogP contribution in [0.15, 0.2) is 60.7 Å². The molecule has 0 fully saturated rings. The third-order valence-corrected chi connectivity index (χ3v) is 5.84. The van der Waals surface area contributed by atoms with Crippen LogP contribution in [-0.2, 0) is 11.3 Å². The van der Waals surface area contributed by atoms with E-state index in [0.29, 0.717) is 21.9 Å². The van der Waals surface area contributed by atoms with Gasteiger partial charge in [-0.2, -0.15) is 0 Å². The van der Waals surface area contributed by atoms with Crippen LogP contribution in [0.1, 0.15) is 34.7 Å². The molecule has 2 N–H and O–H groups in total. The van der Waals surface area contributed by atoms with Gasteiger partial charge in [0.2, 0.25) is 5.91 Å². The van der Waals surface area contributed by atoms with Crippen LogP contribution in [0.5, 0.6) is 0 Å². The smallest absolute Gasteiger partial charge is 0.253 e. The molecule has 2 amide bonds. The fourth-order valence-corrected chi connectivity index (χ4v) is 4.15. The molecular weight excluding hydrogens is 478 g/mol. The minimum absolute atomic E-state index is 0.0975. The maximum atomic E-state index is 14.2. The van der Waals surface area contributed by atoms with Gasteiger partial charge in [0, 0.05) is 5.02 Å². The maximum absolute atomic E-state index is 14.2. The van der Waals surface area contributed by atoms with Gasteiger partial charge in [0.15, 0.2) is 0 Å².